The third kappa shape index (κ3) is 4.65. The maximum Gasteiger partial charge on any atom is 0.254 e. The molecule has 1 aromatic rings. The quantitative estimate of drug-likeness (QED) is 0.794. The first-order chi connectivity index (χ1) is 10.7. The Bertz CT molecular complexity index is 530. The number of hydrogen-bond donors (Lipinski definition) is 0. The van der Waals surface area contributed by atoms with Crippen LogP contribution in [-0.4, -0.2) is 54.6 Å². The number of morpholine rings is 1. The average molecular weight is 300 g/mol. The molecule has 5 nitrogen and oxygen atoms in total. The lowest BCUT2D eigenvalue weighted by Gasteiger charge is -2.29. The van der Waals surface area contributed by atoms with Crippen molar-refractivity contribution in [1.29, 1.82) is 0 Å². The number of amides is 2. The third-order valence-electron chi connectivity index (χ3n) is 3.38. The highest BCUT2D eigenvalue weighted by molar-refractivity contribution is 6.12. The second-order valence-corrected chi connectivity index (χ2v) is 4.92. The van der Waals surface area contributed by atoms with Gasteiger partial charge in [-0.15, -0.1) is 0 Å². The second kappa shape index (κ2) is 8.26. The zero-order valence-corrected chi connectivity index (χ0v) is 12.5. The summed E-state index contributed by atoms with van der Waals surface area (Å²) in [6.45, 7) is 6.90. The number of rotatable bonds is 3. The lowest BCUT2D eigenvalue weighted by Crippen LogP contribution is -2.46. The second-order valence-electron chi connectivity index (χ2n) is 4.92. The minimum absolute atomic E-state index is 0.221. The fraction of sp³-hybridized carbons (Fsp3) is 0.294. The summed E-state index contributed by atoms with van der Waals surface area (Å²) in [5.41, 5.74) is 1.17. The van der Waals surface area contributed by atoms with Crippen LogP contribution in [0.4, 0.5) is 0 Å². The highest BCUT2D eigenvalue weighted by atomic mass is 16.5. The Kier molecular flexibility index (Phi) is 6.06. The van der Waals surface area contributed by atoms with Gasteiger partial charge in [0.1, 0.15) is 0 Å². The summed E-state index contributed by atoms with van der Waals surface area (Å²) in [5.74, 6) is -0.442. The Hall–Kier alpha value is -2.24. The van der Waals surface area contributed by atoms with Crippen molar-refractivity contribution in [2.75, 3.05) is 33.0 Å². The summed E-state index contributed by atoms with van der Waals surface area (Å²) in [6, 6.07) is 10.0. The monoisotopic (exact) mass is 300 g/mol. The predicted molar refractivity (Wildman–Crippen MR) is 84.8 cm³/mol. The van der Waals surface area contributed by atoms with Gasteiger partial charge >= 0.3 is 0 Å². The van der Waals surface area contributed by atoms with Crippen molar-refractivity contribution < 1.29 is 14.3 Å². The predicted octanol–water partition coefficient (Wildman–Crippen LogP) is 1.53. The molecular weight excluding hydrogens is 280 g/mol. The minimum Gasteiger partial charge on any atom is -0.379 e. The molecule has 2 amide bonds. The van der Waals surface area contributed by atoms with Crippen molar-refractivity contribution in [3.8, 4) is 0 Å². The van der Waals surface area contributed by atoms with Crippen molar-refractivity contribution in [3.05, 3.63) is 54.6 Å². The van der Waals surface area contributed by atoms with E-state index in [-0.39, 0.29) is 11.8 Å². The molecule has 0 atom stereocenters. The Morgan fingerprint density at radius 3 is 2.14 bits per heavy atom. The molecule has 22 heavy (non-hydrogen) atoms. The number of carbonyl (C=O) groups is 2. The number of imide groups is 1. The Balaban J connectivity index is 0.000000188. The average Bonchev–Trinajstić information content (AvgIpc) is 2.89. The molecule has 1 saturated heterocycles. The zero-order chi connectivity index (χ0) is 15.8. The normalized spacial score (nSPS) is 18.1. The van der Waals surface area contributed by atoms with E-state index >= 15 is 0 Å². The summed E-state index contributed by atoms with van der Waals surface area (Å²) >= 11 is 0. The lowest BCUT2D eigenvalue weighted by molar-refractivity contribution is -0.140. The number of ether oxygens (including phenoxy) is 1. The molecule has 0 saturated carbocycles. The van der Waals surface area contributed by atoms with Crippen LogP contribution in [0.5, 0.6) is 0 Å². The molecule has 5 heteroatoms. The van der Waals surface area contributed by atoms with Crippen molar-refractivity contribution in [3.63, 3.8) is 0 Å². The highest BCUT2D eigenvalue weighted by Crippen LogP contribution is 2.06. The topological polar surface area (TPSA) is 49.9 Å². The van der Waals surface area contributed by atoms with Gasteiger partial charge < -0.3 is 4.74 Å². The van der Waals surface area contributed by atoms with Gasteiger partial charge in [-0.05, 0) is 5.56 Å². The van der Waals surface area contributed by atoms with Crippen molar-refractivity contribution in [2.24, 2.45) is 0 Å². The molecule has 0 N–H and O–H groups in total. The molecule has 0 bridgehead atoms. The largest absolute Gasteiger partial charge is 0.379 e. The summed E-state index contributed by atoms with van der Waals surface area (Å²) < 4.78 is 5.17. The zero-order valence-electron chi connectivity index (χ0n) is 12.5. The molecule has 1 aromatic carbocycles. The molecule has 2 heterocycles. The van der Waals surface area contributed by atoms with Gasteiger partial charge in [-0.25, -0.2) is 0 Å². The number of benzene rings is 1. The van der Waals surface area contributed by atoms with Gasteiger partial charge in [0.05, 0.1) is 19.9 Å². The molecule has 0 aliphatic carbocycles. The van der Waals surface area contributed by atoms with Gasteiger partial charge in [-0.1, -0.05) is 43.0 Å². The summed E-state index contributed by atoms with van der Waals surface area (Å²) in [6.07, 6.45) is 4.45. The first-order valence-electron chi connectivity index (χ1n) is 7.22. The SMILES string of the molecule is C=Cc1ccccc1.O=C1C=CC(=O)N1CN1CCOCC1. The van der Waals surface area contributed by atoms with E-state index in [1.807, 2.05) is 41.3 Å². The molecule has 2 aliphatic heterocycles. The molecule has 0 radical (unpaired) electrons. The molecule has 3 rings (SSSR count). The fourth-order valence-electron chi connectivity index (χ4n) is 2.10. The molecule has 2 aliphatic rings. The van der Waals surface area contributed by atoms with Crippen molar-refractivity contribution in [2.45, 2.75) is 0 Å². The maximum atomic E-state index is 11.2. The van der Waals surface area contributed by atoms with Gasteiger partial charge in [0, 0.05) is 25.2 Å². The maximum absolute atomic E-state index is 11.2. The van der Waals surface area contributed by atoms with E-state index in [0.29, 0.717) is 19.9 Å². The Morgan fingerprint density at radius 1 is 1.05 bits per heavy atom. The van der Waals surface area contributed by atoms with Gasteiger partial charge in [-0.2, -0.15) is 0 Å². The highest BCUT2D eigenvalue weighted by Gasteiger charge is 2.25. The van der Waals surface area contributed by atoms with Crippen LogP contribution in [0.1, 0.15) is 5.56 Å². The molecular formula is C17H20N2O3. The number of nitrogens with zero attached hydrogens (tertiary/aromatic N) is 2. The lowest BCUT2D eigenvalue weighted by atomic mass is 10.2. The smallest absolute Gasteiger partial charge is 0.254 e. The summed E-state index contributed by atoms with van der Waals surface area (Å²) in [5, 5.41) is 0. The van der Waals surface area contributed by atoms with Crippen LogP contribution in [0.25, 0.3) is 6.08 Å². The standard InChI is InChI=1S/C9H12N2O3.C8H8/c12-8-1-2-9(13)11(8)7-10-3-5-14-6-4-10;1-2-8-6-4-3-5-7-8/h1-2H,3-7H2;2-7H,1H2. The first-order valence-corrected chi connectivity index (χ1v) is 7.22. The Morgan fingerprint density at radius 2 is 1.64 bits per heavy atom. The molecule has 0 aromatic heterocycles. The molecule has 0 spiro atoms. The van der Waals surface area contributed by atoms with Crippen LogP contribution in [0, 0.1) is 0 Å². The summed E-state index contributed by atoms with van der Waals surface area (Å²) in [7, 11) is 0. The van der Waals surface area contributed by atoms with Gasteiger partial charge in [0.15, 0.2) is 0 Å². The van der Waals surface area contributed by atoms with Crippen LogP contribution in [0.3, 0.4) is 0 Å². The first kappa shape index (κ1) is 16.1. The van der Waals surface area contributed by atoms with Crippen LogP contribution in [-0.2, 0) is 14.3 Å². The van der Waals surface area contributed by atoms with E-state index in [2.05, 4.69) is 6.58 Å². The van der Waals surface area contributed by atoms with E-state index in [1.54, 1.807) is 0 Å². The number of carbonyl (C=O) groups excluding carboxylic acids is 2. The van der Waals surface area contributed by atoms with Crippen LogP contribution >= 0.6 is 0 Å². The number of hydrogen-bond acceptors (Lipinski definition) is 4. The fourth-order valence-corrected chi connectivity index (χ4v) is 2.10. The third-order valence-corrected chi connectivity index (χ3v) is 3.38. The van der Waals surface area contributed by atoms with Crippen molar-refractivity contribution in [1.82, 2.24) is 9.80 Å². The van der Waals surface area contributed by atoms with Gasteiger partial charge in [-0.3, -0.25) is 19.4 Å². The van der Waals surface area contributed by atoms with E-state index in [1.165, 1.54) is 22.6 Å². The van der Waals surface area contributed by atoms with Crippen LogP contribution < -0.4 is 0 Å². The summed E-state index contributed by atoms with van der Waals surface area (Å²) in [4.78, 5) is 25.7. The van der Waals surface area contributed by atoms with E-state index < -0.39 is 0 Å². The molecule has 0 unspecified atom stereocenters. The van der Waals surface area contributed by atoms with Gasteiger partial charge in [0.25, 0.3) is 11.8 Å². The van der Waals surface area contributed by atoms with E-state index in [4.69, 9.17) is 4.74 Å². The van der Waals surface area contributed by atoms with Crippen molar-refractivity contribution >= 4 is 17.9 Å². The molecule has 116 valence electrons. The molecule has 1 fully saturated rings. The minimum atomic E-state index is -0.221. The van der Waals surface area contributed by atoms with Crippen LogP contribution in [0.2, 0.25) is 0 Å². The Labute approximate surface area is 130 Å². The van der Waals surface area contributed by atoms with Gasteiger partial charge in [0.2, 0.25) is 0 Å². The van der Waals surface area contributed by atoms with E-state index in [9.17, 15) is 9.59 Å². The van der Waals surface area contributed by atoms with E-state index in [0.717, 1.165) is 13.1 Å². The van der Waals surface area contributed by atoms with Crippen LogP contribution in [0.15, 0.2) is 49.1 Å².